The molecular formula is C19H23ClN2O7S2. The van der Waals surface area contributed by atoms with Crippen molar-refractivity contribution in [1.82, 2.24) is 4.90 Å². The average molecular weight is 491 g/mol. The van der Waals surface area contributed by atoms with Gasteiger partial charge in [-0.05, 0) is 27.7 Å². The molecule has 9 nitrogen and oxygen atoms in total. The minimum absolute atomic E-state index is 0. The predicted octanol–water partition coefficient (Wildman–Crippen LogP) is -3.63. The van der Waals surface area contributed by atoms with E-state index < -0.39 is 44.8 Å². The second kappa shape index (κ2) is 7.50. The maximum Gasteiger partial charge on any atom is 0.364 e. The van der Waals surface area contributed by atoms with Gasteiger partial charge in [-0.15, -0.1) is 11.8 Å². The van der Waals surface area contributed by atoms with Crippen LogP contribution >= 0.6 is 23.5 Å². The smallest absolute Gasteiger partial charge is 0.364 e. The number of fused-ring (bicyclic) bond motifs is 2. The first-order valence-corrected chi connectivity index (χ1v) is 11.3. The Morgan fingerprint density at radius 2 is 1.74 bits per heavy atom. The van der Waals surface area contributed by atoms with Crippen molar-refractivity contribution in [2.45, 2.75) is 66.4 Å². The van der Waals surface area contributed by atoms with Crippen molar-refractivity contribution in [3.63, 3.8) is 0 Å². The normalized spacial score (nSPS) is 40.3. The molecule has 7 atom stereocenters. The van der Waals surface area contributed by atoms with Crippen molar-refractivity contribution in [2.75, 3.05) is 0 Å². The van der Waals surface area contributed by atoms with E-state index in [1.54, 1.807) is 26.8 Å². The molecule has 4 aliphatic rings. The lowest BCUT2D eigenvalue weighted by Gasteiger charge is -2.39. The number of carbonyl (C=O) groups is 5. The summed E-state index contributed by atoms with van der Waals surface area (Å²) in [5.41, 5.74) is 0.208. The third kappa shape index (κ3) is 3.32. The molecule has 0 aliphatic carbocycles. The van der Waals surface area contributed by atoms with Crippen molar-refractivity contribution < 1.29 is 51.5 Å². The summed E-state index contributed by atoms with van der Waals surface area (Å²) in [7, 11) is 0. The summed E-state index contributed by atoms with van der Waals surface area (Å²) in [5.74, 6) is -3.96. The largest absolute Gasteiger partial charge is 1.00 e. The number of halogens is 1. The number of nitrogens with zero attached hydrogens (tertiary/aromatic N) is 1. The Hall–Kier alpha value is -1.56. The lowest BCUT2D eigenvalue weighted by atomic mass is 9.82. The number of Topliss-reactive ketones (excluding diaryl/α,β-unsaturated/α-hetero) is 1. The van der Waals surface area contributed by atoms with Gasteiger partial charge in [-0.25, -0.2) is 19.3 Å². The first-order chi connectivity index (χ1) is 13.8. The van der Waals surface area contributed by atoms with Crippen LogP contribution in [0.2, 0.25) is 0 Å². The van der Waals surface area contributed by atoms with E-state index in [-0.39, 0.29) is 47.4 Å². The van der Waals surface area contributed by atoms with Crippen LogP contribution < -0.4 is 17.3 Å². The molecule has 0 saturated carbocycles. The summed E-state index contributed by atoms with van der Waals surface area (Å²) in [6, 6.07) is -2.03. The molecule has 170 valence electrons. The Morgan fingerprint density at radius 3 is 2.23 bits per heavy atom. The Kier molecular flexibility index (Phi) is 5.83. The van der Waals surface area contributed by atoms with Gasteiger partial charge in [0.25, 0.3) is 0 Å². The van der Waals surface area contributed by atoms with Gasteiger partial charge in [0.2, 0.25) is 11.9 Å². The first kappa shape index (κ1) is 24.1. The summed E-state index contributed by atoms with van der Waals surface area (Å²) in [6.45, 7) is 6.54. The van der Waals surface area contributed by atoms with Crippen molar-refractivity contribution in [1.29, 1.82) is 0 Å². The highest BCUT2D eigenvalue weighted by molar-refractivity contribution is 8.02. The standard InChI is InChI=1S/C19H22N2O7S2.ClH/c1-7(22)8(6-19(4)13(17(27)28)20-9(23)5-10(20)29-19)11-14(24)21-12(16(25)26)18(2,3)30-15(11)21;/h6,10-13,15H,5H2,1-4H3,(H,25,26)(H,27,28);1H/t10-,11+,12+,13+,15-,19?;/m1./s1. The fourth-order valence-corrected chi connectivity index (χ4v) is 8.63. The first-order valence-electron chi connectivity index (χ1n) is 9.57. The summed E-state index contributed by atoms with van der Waals surface area (Å²) >= 11 is 2.68. The average Bonchev–Trinajstić information content (AvgIpc) is 2.99. The van der Waals surface area contributed by atoms with Gasteiger partial charge in [0.05, 0.1) is 21.3 Å². The van der Waals surface area contributed by atoms with Gasteiger partial charge in [0.1, 0.15) is 6.04 Å². The number of β-lactam (4-membered cyclic amide) rings is 2. The fraction of sp³-hybridized carbons (Fsp3) is 0.632. The Morgan fingerprint density at radius 1 is 1.13 bits per heavy atom. The number of amides is 2. The molecule has 0 aromatic rings. The summed E-state index contributed by atoms with van der Waals surface area (Å²) in [5, 5.41) is 18.7. The molecule has 0 aromatic heterocycles. The maximum absolute atomic E-state index is 13.0. The number of ketones is 1. The van der Waals surface area contributed by atoms with Crippen LogP contribution in [0.1, 0.15) is 34.1 Å². The zero-order valence-electron chi connectivity index (χ0n) is 17.2. The summed E-state index contributed by atoms with van der Waals surface area (Å²) in [4.78, 5) is 62.8. The zero-order valence-corrected chi connectivity index (χ0v) is 19.6. The Labute approximate surface area is 193 Å². The number of carboxylic acid groups (broad SMARTS) is 2. The van der Waals surface area contributed by atoms with Crippen LogP contribution in [-0.4, -0.2) is 77.0 Å². The van der Waals surface area contributed by atoms with Crippen LogP contribution in [0.3, 0.4) is 0 Å². The molecule has 2 unspecified atom stereocenters. The van der Waals surface area contributed by atoms with Gasteiger partial charge in [-0.2, -0.15) is 0 Å². The third-order valence-electron chi connectivity index (χ3n) is 6.44. The number of thioether (sulfide) groups is 2. The lowest BCUT2D eigenvalue weighted by molar-refractivity contribution is -0.879. The maximum atomic E-state index is 13.0. The number of hydrogen-bond acceptors (Lipinski definition) is 7. The van der Waals surface area contributed by atoms with Crippen LogP contribution in [0.5, 0.6) is 0 Å². The number of carbonyl (C=O) groups excluding carboxylic acids is 3. The molecule has 4 heterocycles. The molecule has 4 aliphatic heterocycles. The predicted molar refractivity (Wildman–Crippen MR) is 108 cm³/mol. The number of nitrogens with one attached hydrogen (secondary N) is 1. The van der Waals surface area contributed by atoms with E-state index in [1.165, 1.54) is 35.3 Å². The van der Waals surface area contributed by atoms with E-state index in [2.05, 4.69) is 0 Å². The quantitative estimate of drug-likeness (QED) is 0.263. The highest BCUT2D eigenvalue weighted by Gasteiger charge is 2.71. The minimum atomic E-state index is -1.16. The van der Waals surface area contributed by atoms with Crippen molar-refractivity contribution in [3.8, 4) is 0 Å². The molecule has 0 radical (unpaired) electrons. The van der Waals surface area contributed by atoms with Crippen molar-refractivity contribution in [2.24, 2.45) is 5.92 Å². The van der Waals surface area contributed by atoms with E-state index in [0.29, 0.717) is 4.90 Å². The topological polar surface area (TPSA) is 133 Å². The molecule has 4 saturated heterocycles. The van der Waals surface area contributed by atoms with Crippen LogP contribution in [0, 0.1) is 5.92 Å². The van der Waals surface area contributed by atoms with Crippen LogP contribution in [0.15, 0.2) is 11.6 Å². The van der Waals surface area contributed by atoms with Crippen molar-refractivity contribution >= 4 is 53.1 Å². The monoisotopic (exact) mass is 490 g/mol. The second-order valence-electron chi connectivity index (χ2n) is 8.87. The Bertz CT molecular complexity index is 938. The molecule has 12 heteroatoms. The van der Waals surface area contributed by atoms with Gasteiger partial charge >= 0.3 is 17.8 Å². The summed E-state index contributed by atoms with van der Waals surface area (Å²) in [6.07, 6.45) is 1.80. The molecular weight excluding hydrogens is 468 g/mol. The molecule has 0 spiro atoms. The molecule has 4 fully saturated rings. The van der Waals surface area contributed by atoms with Gasteiger partial charge in [-0.3, -0.25) is 9.59 Å². The minimum Gasteiger partial charge on any atom is -1.00 e. The van der Waals surface area contributed by atoms with Crippen LogP contribution in [0.25, 0.3) is 0 Å². The van der Waals surface area contributed by atoms with Gasteiger partial charge in [0, 0.05) is 5.57 Å². The van der Waals surface area contributed by atoms with Gasteiger partial charge in [0.15, 0.2) is 17.1 Å². The lowest BCUT2D eigenvalue weighted by Crippen LogP contribution is -3.28. The van der Waals surface area contributed by atoms with E-state index in [4.69, 9.17) is 0 Å². The molecule has 31 heavy (non-hydrogen) atoms. The number of carboxylic acids is 2. The van der Waals surface area contributed by atoms with Crippen LogP contribution in [0.4, 0.5) is 0 Å². The number of rotatable bonds is 5. The van der Waals surface area contributed by atoms with Crippen molar-refractivity contribution in [3.05, 3.63) is 11.6 Å². The van der Waals surface area contributed by atoms with Crippen LogP contribution in [-0.2, 0) is 24.0 Å². The van der Waals surface area contributed by atoms with E-state index >= 15 is 0 Å². The Balaban J connectivity index is 0.00000272. The van der Waals surface area contributed by atoms with E-state index in [1.807, 2.05) is 0 Å². The zero-order chi connectivity index (χ0) is 22.3. The molecule has 0 bridgehead atoms. The van der Waals surface area contributed by atoms with Gasteiger partial charge in [-0.1, -0.05) is 17.8 Å². The number of hydrogen-bond donors (Lipinski definition) is 3. The molecule has 2 amide bonds. The molecule has 3 N–H and O–H groups in total. The number of quaternary nitrogens is 1. The van der Waals surface area contributed by atoms with E-state index in [0.717, 1.165) is 0 Å². The third-order valence-corrected chi connectivity index (χ3v) is 9.57. The highest BCUT2D eigenvalue weighted by atomic mass is 35.5. The van der Waals surface area contributed by atoms with E-state index in [9.17, 15) is 34.2 Å². The second-order valence-corrected chi connectivity index (χ2v) is 12.3. The fourth-order valence-electron chi connectivity index (χ4n) is 5.12. The highest BCUT2D eigenvalue weighted by Crippen LogP contribution is 2.53. The SMILES string of the molecule is CC(=O)C(=CC1(C)S[C@@H]2CC(=O)N2[C@H]1C(=O)O)[C@H]1C(=O)[NH+]2[C@@H]1SC(C)(C)[C@@H]2C(=O)O.[Cl-]. The number of aliphatic carboxylic acids is 2. The molecule has 0 aromatic carbocycles. The molecule has 4 rings (SSSR count). The summed E-state index contributed by atoms with van der Waals surface area (Å²) < 4.78 is -1.75. The van der Waals surface area contributed by atoms with Gasteiger partial charge < -0.3 is 27.5 Å².